The maximum Gasteiger partial charge on any atom is 0.179 e. The van der Waals surface area contributed by atoms with E-state index in [1.165, 1.54) is 6.07 Å². The average Bonchev–Trinajstić information content (AvgIpc) is 2.69. The first-order valence-electron chi connectivity index (χ1n) is 4.99. The van der Waals surface area contributed by atoms with Gasteiger partial charge in [-0.2, -0.15) is 0 Å². The first-order chi connectivity index (χ1) is 7.48. The van der Waals surface area contributed by atoms with Gasteiger partial charge < -0.3 is 9.84 Å². The molecule has 2 rings (SSSR count). The van der Waals surface area contributed by atoms with Gasteiger partial charge in [0, 0.05) is 12.9 Å². The molecule has 16 heavy (non-hydrogen) atoms. The Bertz CT molecular complexity index is 492. The van der Waals surface area contributed by atoms with Gasteiger partial charge in [0.25, 0.3) is 0 Å². The molecule has 1 fully saturated rings. The highest BCUT2D eigenvalue weighted by molar-refractivity contribution is 7.90. The zero-order valence-corrected chi connectivity index (χ0v) is 9.70. The summed E-state index contributed by atoms with van der Waals surface area (Å²) in [6, 6.07) is 1.39. The third kappa shape index (κ3) is 2.17. The van der Waals surface area contributed by atoms with Crippen LogP contribution in [0.3, 0.4) is 0 Å². The van der Waals surface area contributed by atoms with Crippen molar-refractivity contribution in [2.24, 2.45) is 0 Å². The van der Waals surface area contributed by atoms with E-state index in [2.05, 4.69) is 4.98 Å². The molecule has 0 amide bonds. The van der Waals surface area contributed by atoms with Crippen LogP contribution in [0, 0.1) is 0 Å². The Balaban J connectivity index is 2.43. The molecule has 0 aliphatic carbocycles. The van der Waals surface area contributed by atoms with Crippen LogP contribution in [0.15, 0.2) is 17.2 Å². The first-order valence-corrected chi connectivity index (χ1v) is 6.88. The summed E-state index contributed by atoms with van der Waals surface area (Å²) in [6.45, 7) is 0.668. The van der Waals surface area contributed by atoms with Gasteiger partial charge in [-0.3, -0.25) is 4.98 Å². The molecule has 1 saturated heterocycles. The minimum Gasteiger partial charge on any atom is -0.505 e. The first kappa shape index (κ1) is 11.3. The summed E-state index contributed by atoms with van der Waals surface area (Å²) in [6.07, 6.45) is 3.85. The van der Waals surface area contributed by atoms with Crippen molar-refractivity contribution >= 4 is 9.84 Å². The van der Waals surface area contributed by atoms with E-state index in [1.54, 1.807) is 0 Å². The van der Waals surface area contributed by atoms with E-state index in [0.717, 1.165) is 25.3 Å². The minimum absolute atomic E-state index is 0.0898. The van der Waals surface area contributed by atoms with E-state index < -0.39 is 9.84 Å². The van der Waals surface area contributed by atoms with Crippen molar-refractivity contribution < 1.29 is 18.3 Å². The standard InChI is InChI=1S/C10H13NO4S/c1-16(13,14)10-5-7(11-6-8(10)12)9-3-2-4-15-9/h5-6,9,12H,2-4H2,1H3. The van der Waals surface area contributed by atoms with Crippen molar-refractivity contribution in [3.05, 3.63) is 18.0 Å². The second kappa shape index (κ2) is 4.03. The quantitative estimate of drug-likeness (QED) is 0.840. The number of aromatic nitrogens is 1. The van der Waals surface area contributed by atoms with E-state index in [-0.39, 0.29) is 16.7 Å². The summed E-state index contributed by atoms with van der Waals surface area (Å²) >= 11 is 0. The monoisotopic (exact) mass is 243 g/mol. The lowest BCUT2D eigenvalue weighted by atomic mass is 10.1. The molecule has 0 bridgehead atoms. The normalized spacial score (nSPS) is 21.2. The number of rotatable bonds is 2. The summed E-state index contributed by atoms with van der Waals surface area (Å²) < 4.78 is 28.2. The molecule has 1 aliphatic heterocycles. The minimum atomic E-state index is -3.43. The number of sulfone groups is 1. The number of ether oxygens (including phenoxy) is 1. The van der Waals surface area contributed by atoms with E-state index >= 15 is 0 Å². The predicted molar refractivity (Wildman–Crippen MR) is 56.9 cm³/mol. The summed E-state index contributed by atoms with van der Waals surface area (Å²) in [7, 11) is -3.43. The molecule has 1 atom stereocenters. The van der Waals surface area contributed by atoms with Gasteiger partial charge >= 0.3 is 0 Å². The van der Waals surface area contributed by atoms with Crippen LogP contribution in [0.1, 0.15) is 24.6 Å². The molecule has 1 aromatic heterocycles. The smallest absolute Gasteiger partial charge is 0.179 e. The second-order valence-electron chi connectivity index (χ2n) is 3.85. The molecule has 0 radical (unpaired) electrons. The van der Waals surface area contributed by atoms with Crippen LogP contribution in [0.5, 0.6) is 5.75 Å². The largest absolute Gasteiger partial charge is 0.505 e. The topological polar surface area (TPSA) is 76.5 Å². The fourth-order valence-corrected chi connectivity index (χ4v) is 2.50. The van der Waals surface area contributed by atoms with Gasteiger partial charge in [0.2, 0.25) is 0 Å². The van der Waals surface area contributed by atoms with Gasteiger partial charge in [0.15, 0.2) is 15.6 Å². The maximum atomic E-state index is 11.4. The molecule has 5 nitrogen and oxygen atoms in total. The van der Waals surface area contributed by atoms with Crippen molar-refractivity contribution in [1.82, 2.24) is 4.98 Å². The highest BCUT2D eigenvalue weighted by Crippen LogP contribution is 2.30. The molecule has 0 saturated carbocycles. The van der Waals surface area contributed by atoms with E-state index in [0.29, 0.717) is 12.3 Å². The Kier molecular flexibility index (Phi) is 2.86. The molecule has 1 unspecified atom stereocenters. The van der Waals surface area contributed by atoms with Crippen LogP contribution in [0.4, 0.5) is 0 Å². The highest BCUT2D eigenvalue weighted by Gasteiger charge is 2.22. The Labute approximate surface area is 94.0 Å². The van der Waals surface area contributed by atoms with Gasteiger partial charge in [-0.15, -0.1) is 0 Å². The molecule has 1 aromatic rings. The van der Waals surface area contributed by atoms with Crippen LogP contribution < -0.4 is 0 Å². The van der Waals surface area contributed by atoms with E-state index in [4.69, 9.17) is 4.74 Å². The fraction of sp³-hybridized carbons (Fsp3) is 0.500. The summed E-state index contributed by atoms with van der Waals surface area (Å²) in [4.78, 5) is 3.91. The zero-order chi connectivity index (χ0) is 11.8. The molecule has 1 aliphatic rings. The lowest BCUT2D eigenvalue weighted by Crippen LogP contribution is -2.04. The van der Waals surface area contributed by atoms with Gasteiger partial charge in [-0.1, -0.05) is 0 Å². The van der Waals surface area contributed by atoms with Crippen LogP contribution >= 0.6 is 0 Å². The average molecular weight is 243 g/mol. The second-order valence-corrected chi connectivity index (χ2v) is 5.83. The number of hydrogen-bond acceptors (Lipinski definition) is 5. The number of aromatic hydroxyl groups is 1. The van der Waals surface area contributed by atoms with E-state index in [9.17, 15) is 13.5 Å². The molecule has 6 heteroatoms. The maximum absolute atomic E-state index is 11.4. The van der Waals surface area contributed by atoms with Gasteiger partial charge in [-0.05, 0) is 18.9 Å². The Morgan fingerprint density at radius 3 is 2.88 bits per heavy atom. The molecular weight excluding hydrogens is 230 g/mol. The van der Waals surface area contributed by atoms with Gasteiger partial charge in [0.1, 0.15) is 4.90 Å². The predicted octanol–water partition coefficient (Wildman–Crippen LogP) is 1.04. The van der Waals surface area contributed by atoms with Gasteiger partial charge in [0.05, 0.1) is 18.0 Å². The summed E-state index contributed by atoms with van der Waals surface area (Å²) in [5.41, 5.74) is 0.565. The van der Waals surface area contributed by atoms with Crippen molar-refractivity contribution in [2.45, 2.75) is 23.8 Å². The Morgan fingerprint density at radius 1 is 1.56 bits per heavy atom. The summed E-state index contributed by atoms with van der Waals surface area (Å²) in [5, 5.41) is 9.43. The lowest BCUT2D eigenvalue weighted by Gasteiger charge is -2.10. The Morgan fingerprint density at radius 2 is 2.31 bits per heavy atom. The molecule has 88 valence electrons. The SMILES string of the molecule is CS(=O)(=O)c1cc(C2CCCO2)ncc1O. The summed E-state index contributed by atoms with van der Waals surface area (Å²) in [5.74, 6) is -0.316. The third-order valence-corrected chi connectivity index (χ3v) is 3.65. The Hall–Kier alpha value is -1.14. The van der Waals surface area contributed by atoms with Crippen molar-refractivity contribution in [1.29, 1.82) is 0 Å². The van der Waals surface area contributed by atoms with Crippen LogP contribution in [0.2, 0.25) is 0 Å². The fourth-order valence-electron chi connectivity index (χ4n) is 1.73. The van der Waals surface area contributed by atoms with Crippen molar-refractivity contribution in [2.75, 3.05) is 12.9 Å². The van der Waals surface area contributed by atoms with Crippen LogP contribution in [0.25, 0.3) is 0 Å². The number of nitrogens with zero attached hydrogens (tertiary/aromatic N) is 1. The third-order valence-electron chi connectivity index (χ3n) is 2.53. The van der Waals surface area contributed by atoms with E-state index in [1.807, 2.05) is 0 Å². The number of pyridine rings is 1. The van der Waals surface area contributed by atoms with Crippen molar-refractivity contribution in [3.8, 4) is 5.75 Å². The molecule has 1 N–H and O–H groups in total. The molecule has 2 heterocycles. The van der Waals surface area contributed by atoms with Crippen molar-refractivity contribution in [3.63, 3.8) is 0 Å². The zero-order valence-electron chi connectivity index (χ0n) is 8.88. The molecular formula is C10H13NO4S. The lowest BCUT2D eigenvalue weighted by molar-refractivity contribution is 0.108. The van der Waals surface area contributed by atoms with Gasteiger partial charge in [-0.25, -0.2) is 8.42 Å². The molecule has 0 spiro atoms. The van der Waals surface area contributed by atoms with Crippen LogP contribution in [-0.2, 0) is 14.6 Å². The highest BCUT2D eigenvalue weighted by atomic mass is 32.2. The number of hydrogen-bond donors (Lipinski definition) is 1. The molecule has 0 aromatic carbocycles. The van der Waals surface area contributed by atoms with Crippen LogP contribution in [-0.4, -0.2) is 31.4 Å².